The van der Waals surface area contributed by atoms with Gasteiger partial charge in [-0.3, -0.25) is 4.79 Å². The molecule has 1 amide bonds. The summed E-state index contributed by atoms with van der Waals surface area (Å²) in [5.74, 6) is 1.15. The number of nitrogens with one attached hydrogen (secondary N) is 1. The third kappa shape index (κ3) is 8.01. The number of hydrogen-bond acceptors (Lipinski definition) is 7. The smallest absolute Gasteiger partial charge is 0.233 e. The van der Waals surface area contributed by atoms with Gasteiger partial charge in [-0.2, -0.15) is 0 Å². The summed E-state index contributed by atoms with van der Waals surface area (Å²) in [6.07, 6.45) is 0.680. The van der Waals surface area contributed by atoms with E-state index in [1.165, 1.54) is 0 Å². The molecule has 0 spiro atoms. The van der Waals surface area contributed by atoms with Crippen LogP contribution in [-0.2, 0) is 25.4 Å². The number of nitrogens with two attached hydrogens (primary N) is 1. The quantitative estimate of drug-likeness (QED) is 0.779. The maximum Gasteiger partial charge on any atom is 0.233 e. The van der Waals surface area contributed by atoms with Crippen molar-refractivity contribution in [2.24, 2.45) is 5.73 Å². The van der Waals surface area contributed by atoms with Crippen molar-refractivity contribution in [2.75, 3.05) is 65.9 Å². The first kappa shape index (κ1) is 20.4. The van der Waals surface area contributed by atoms with E-state index in [-0.39, 0.29) is 12.5 Å². The summed E-state index contributed by atoms with van der Waals surface area (Å²) in [5.41, 5.74) is 6.31. The minimum Gasteiger partial charge on any atom is -0.487 e. The van der Waals surface area contributed by atoms with Crippen LogP contribution < -0.4 is 20.5 Å². The molecular weight excluding hydrogens is 340 g/mol. The first-order chi connectivity index (χ1) is 12.8. The van der Waals surface area contributed by atoms with E-state index < -0.39 is 0 Å². The Labute approximate surface area is 153 Å². The van der Waals surface area contributed by atoms with Gasteiger partial charge in [-0.05, 0) is 24.1 Å². The Hall–Kier alpha value is -1.87. The summed E-state index contributed by atoms with van der Waals surface area (Å²) in [7, 11) is 0. The van der Waals surface area contributed by atoms with Crippen LogP contribution >= 0.6 is 0 Å². The second-order valence-electron chi connectivity index (χ2n) is 5.62. The fraction of sp³-hybridized carbons (Fsp3) is 0.611. The molecule has 0 saturated heterocycles. The van der Waals surface area contributed by atoms with Crippen molar-refractivity contribution in [3.05, 3.63) is 23.8 Å². The van der Waals surface area contributed by atoms with Crippen molar-refractivity contribution in [3.63, 3.8) is 0 Å². The second kappa shape index (κ2) is 12.5. The molecule has 0 saturated carbocycles. The summed E-state index contributed by atoms with van der Waals surface area (Å²) in [6, 6.07) is 5.75. The molecule has 26 heavy (non-hydrogen) atoms. The maximum atomic E-state index is 11.2. The molecule has 8 nitrogen and oxygen atoms in total. The lowest BCUT2D eigenvalue weighted by Crippen LogP contribution is -2.31. The summed E-state index contributed by atoms with van der Waals surface area (Å²) < 4.78 is 27.9. The normalized spacial score (nSPS) is 17.0. The number of fused-ring (bicyclic) bond motifs is 1. The van der Waals surface area contributed by atoms with Crippen molar-refractivity contribution in [3.8, 4) is 11.5 Å². The molecule has 3 N–H and O–H groups in total. The van der Waals surface area contributed by atoms with Gasteiger partial charge in [-0.15, -0.1) is 0 Å². The fourth-order valence-electron chi connectivity index (χ4n) is 2.32. The molecule has 0 unspecified atom stereocenters. The predicted molar refractivity (Wildman–Crippen MR) is 95.7 cm³/mol. The molecule has 8 heteroatoms. The highest BCUT2D eigenvalue weighted by molar-refractivity contribution is 5.77. The van der Waals surface area contributed by atoms with Crippen LogP contribution in [0.4, 0.5) is 0 Å². The van der Waals surface area contributed by atoms with Crippen molar-refractivity contribution in [1.29, 1.82) is 0 Å². The zero-order valence-corrected chi connectivity index (χ0v) is 15.0. The van der Waals surface area contributed by atoms with Gasteiger partial charge in [0.1, 0.15) is 13.2 Å². The van der Waals surface area contributed by atoms with Crippen LogP contribution in [0.25, 0.3) is 0 Å². The number of ether oxygens (including phenoxy) is 5. The Morgan fingerprint density at radius 2 is 1.46 bits per heavy atom. The standard InChI is InChI=1S/C18H28N2O6/c19-14-18(21)20-4-3-15-1-2-16-17(13-15)26-12-10-24-8-6-22-5-7-23-9-11-25-16/h1-2,13H,3-12,14,19H2,(H,20,21). The number of carbonyl (C=O) groups is 1. The minimum atomic E-state index is -0.167. The molecule has 0 bridgehead atoms. The number of carbonyl (C=O) groups excluding carboxylic acids is 1. The zero-order chi connectivity index (χ0) is 18.5. The van der Waals surface area contributed by atoms with Crippen molar-refractivity contribution >= 4 is 5.91 Å². The van der Waals surface area contributed by atoms with Gasteiger partial charge in [0.15, 0.2) is 11.5 Å². The Morgan fingerprint density at radius 3 is 2.08 bits per heavy atom. The monoisotopic (exact) mass is 368 g/mol. The Kier molecular flexibility index (Phi) is 9.81. The highest BCUT2D eigenvalue weighted by Crippen LogP contribution is 2.28. The number of hydrogen-bond donors (Lipinski definition) is 2. The Balaban J connectivity index is 1.93. The molecular formula is C18H28N2O6. The maximum absolute atomic E-state index is 11.2. The summed E-state index contributed by atoms with van der Waals surface area (Å²) in [5, 5.41) is 2.75. The van der Waals surface area contributed by atoms with Crippen LogP contribution in [0, 0.1) is 0 Å². The van der Waals surface area contributed by atoms with Crippen LogP contribution in [-0.4, -0.2) is 71.9 Å². The second-order valence-corrected chi connectivity index (χ2v) is 5.62. The first-order valence-electron chi connectivity index (χ1n) is 8.88. The lowest BCUT2D eigenvalue weighted by molar-refractivity contribution is -0.119. The molecule has 0 aliphatic carbocycles. The van der Waals surface area contributed by atoms with Crippen molar-refractivity contribution in [1.82, 2.24) is 5.32 Å². The minimum absolute atomic E-state index is 0.00570. The van der Waals surface area contributed by atoms with Gasteiger partial charge in [0.2, 0.25) is 5.91 Å². The van der Waals surface area contributed by atoms with E-state index in [0.29, 0.717) is 77.3 Å². The molecule has 0 atom stereocenters. The molecule has 146 valence electrons. The van der Waals surface area contributed by atoms with Crippen molar-refractivity contribution in [2.45, 2.75) is 6.42 Å². The van der Waals surface area contributed by atoms with E-state index in [2.05, 4.69) is 5.32 Å². The fourth-order valence-corrected chi connectivity index (χ4v) is 2.32. The van der Waals surface area contributed by atoms with Crippen LogP contribution in [0.2, 0.25) is 0 Å². The van der Waals surface area contributed by atoms with Gasteiger partial charge < -0.3 is 34.7 Å². The topological polar surface area (TPSA) is 101 Å². The van der Waals surface area contributed by atoms with E-state index in [4.69, 9.17) is 29.4 Å². The van der Waals surface area contributed by atoms with E-state index in [1.807, 2.05) is 18.2 Å². The molecule has 2 rings (SSSR count). The Morgan fingerprint density at radius 1 is 0.885 bits per heavy atom. The van der Waals surface area contributed by atoms with Gasteiger partial charge >= 0.3 is 0 Å². The van der Waals surface area contributed by atoms with E-state index in [1.54, 1.807) is 0 Å². The summed E-state index contributed by atoms with van der Waals surface area (Å²) >= 11 is 0. The average Bonchev–Trinajstić information content (AvgIpc) is 2.66. The molecule has 1 aliphatic rings. The van der Waals surface area contributed by atoms with Crippen molar-refractivity contribution < 1.29 is 28.5 Å². The van der Waals surface area contributed by atoms with E-state index in [9.17, 15) is 4.79 Å². The molecule has 1 aliphatic heterocycles. The molecule has 0 fully saturated rings. The lowest BCUT2D eigenvalue weighted by Gasteiger charge is -2.14. The highest BCUT2D eigenvalue weighted by Gasteiger charge is 2.08. The molecule has 1 heterocycles. The SMILES string of the molecule is NCC(=O)NCCc1ccc2c(c1)OCCOCCOCCOCCO2. The van der Waals surface area contributed by atoms with Gasteiger partial charge in [0, 0.05) is 6.54 Å². The third-order valence-electron chi connectivity index (χ3n) is 3.64. The number of benzene rings is 1. The lowest BCUT2D eigenvalue weighted by atomic mass is 10.1. The molecule has 1 aromatic carbocycles. The van der Waals surface area contributed by atoms with Gasteiger partial charge in [-0.25, -0.2) is 0 Å². The van der Waals surface area contributed by atoms with Gasteiger partial charge in [-0.1, -0.05) is 6.07 Å². The van der Waals surface area contributed by atoms with Crippen LogP contribution in [0.3, 0.4) is 0 Å². The molecule has 0 radical (unpaired) electrons. The number of rotatable bonds is 4. The van der Waals surface area contributed by atoms with E-state index in [0.717, 1.165) is 5.56 Å². The van der Waals surface area contributed by atoms with Crippen LogP contribution in [0.1, 0.15) is 5.56 Å². The molecule has 1 aromatic rings. The predicted octanol–water partition coefficient (Wildman–Crippen LogP) is 0.125. The summed E-state index contributed by atoms with van der Waals surface area (Å²) in [6.45, 7) is 4.44. The largest absolute Gasteiger partial charge is 0.487 e. The van der Waals surface area contributed by atoms with Crippen LogP contribution in [0.15, 0.2) is 18.2 Å². The summed E-state index contributed by atoms with van der Waals surface area (Å²) in [4.78, 5) is 11.2. The van der Waals surface area contributed by atoms with Crippen LogP contribution in [0.5, 0.6) is 11.5 Å². The first-order valence-corrected chi connectivity index (χ1v) is 8.88. The highest BCUT2D eigenvalue weighted by atomic mass is 16.6. The van der Waals surface area contributed by atoms with E-state index >= 15 is 0 Å². The Bertz CT molecular complexity index is 540. The third-order valence-corrected chi connectivity index (χ3v) is 3.64. The van der Waals surface area contributed by atoms with Gasteiger partial charge in [0.25, 0.3) is 0 Å². The molecule has 0 aromatic heterocycles. The van der Waals surface area contributed by atoms with Gasteiger partial charge in [0.05, 0.1) is 46.2 Å². The average molecular weight is 368 g/mol. The number of amides is 1. The zero-order valence-electron chi connectivity index (χ0n) is 15.0.